The van der Waals surface area contributed by atoms with Gasteiger partial charge >= 0.3 is 0 Å². The normalized spacial score (nSPS) is 15.9. The van der Waals surface area contributed by atoms with E-state index in [1.165, 1.54) is 12.1 Å². The van der Waals surface area contributed by atoms with Crippen molar-refractivity contribution in [3.05, 3.63) is 34.9 Å². The zero-order chi connectivity index (χ0) is 16.4. The summed E-state index contributed by atoms with van der Waals surface area (Å²) < 4.78 is 42.0. The number of halogens is 2. The fourth-order valence-electron chi connectivity index (χ4n) is 2.00. The third-order valence-corrected chi connectivity index (χ3v) is 4.95. The van der Waals surface area contributed by atoms with Crippen LogP contribution in [-0.2, 0) is 17.3 Å². The largest absolute Gasteiger partial charge is 0.598 e. The molecule has 0 heterocycles. The van der Waals surface area contributed by atoms with Gasteiger partial charge in [-0.25, -0.2) is 0 Å². The fraction of sp³-hybridized carbons (Fsp3) is 0.600. The number of hydrogen-bond donors (Lipinski definition) is 2. The quantitative estimate of drug-likeness (QED) is 0.820. The molecular weight excluding hydrogens is 296 g/mol. The summed E-state index contributed by atoms with van der Waals surface area (Å²) in [5, 5.41) is 8.84. The third-order valence-electron chi connectivity index (χ3n) is 3.27. The maximum absolute atomic E-state index is 13.7. The Bertz CT molecular complexity index is 489. The topological polar surface area (TPSA) is 55.3 Å². The van der Waals surface area contributed by atoms with Gasteiger partial charge in [0.1, 0.15) is 11.4 Å². The summed E-state index contributed by atoms with van der Waals surface area (Å²) in [5.41, 5.74) is 0.860. The Balaban J connectivity index is 3.07. The third kappa shape index (κ3) is 4.39. The second kappa shape index (κ2) is 6.60. The predicted molar refractivity (Wildman–Crippen MR) is 81.6 cm³/mol. The lowest BCUT2D eigenvalue weighted by atomic mass is 9.95. The molecule has 0 aliphatic heterocycles. The van der Waals surface area contributed by atoms with Crippen molar-refractivity contribution in [2.75, 3.05) is 6.61 Å². The van der Waals surface area contributed by atoms with Crippen molar-refractivity contribution < 1.29 is 18.4 Å². The van der Waals surface area contributed by atoms with E-state index < -0.39 is 28.6 Å². The minimum absolute atomic E-state index is 0.197. The van der Waals surface area contributed by atoms with Crippen LogP contribution in [0.4, 0.5) is 8.78 Å². The maximum Gasteiger partial charge on any atom is 0.296 e. The van der Waals surface area contributed by atoms with Crippen LogP contribution in [0.1, 0.15) is 50.4 Å². The van der Waals surface area contributed by atoms with E-state index >= 15 is 0 Å². The first-order valence-electron chi connectivity index (χ1n) is 6.77. The van der Waals surface area contributed by atoms with Gasteiger partial charge in [-0.3, -0.25) is 0 Å². The lowest BCUT2D eigenvalue weighted by molar-refractivity contribution is -0.0561. The van der Waals surface area contributed by atoms with Crippen LogP contribution in [0, 0.1) is 6.92 Å². The molecule has 0 aliphatic carbocycles. The molecule has 1 aromatic rings. The Hall–Kier alpha value is -0.690. The van der Waals surface area contributed by atoms with Crippen molar-refractivity contribution in [1.82, 2.24) is 4.72 Å². The Morgan fingerprint density at radius 1 is 1.33 bits per heavy atom. The van der Waals surface area contributed by atoms with Gasteiger partial charge in [0.25, 0.3) is 5.92 Å². The zero-order valence-electron chi connectivity index (χ0n) is 13.0. The Labute approximate surface area is 128 Å². The molecule has 0 unspecified atom stereocenters. The molecule has 0 saturated carbocycles. The molecule has 120 valence electrons. The molecule has 3 nitrogen and oxygen atoms in total. The second-order valence-corrected chi connectivity index (χ2v) is 8.10. The van der Waals surface area contributed by atoms with Gasteiger partial charge in [-0.1, -0.05) is 18.2 Å². The molecule has 0 bridgehead atoms. The molecule has 21 heavy (non-hydrogen) atoms. The van der Waals surface area contributed by atoms with Crippen LogP contribution in [0.2, 0.25) is 0 Å². The number of benzene rings is 1. The van der Waals surface area contributed by atoms with E-state index in [2.05, 4.69) is 4.72 Å². The molecule has 2 atom stereocenters. The van der Waals surface area contributed by atoms with Crippen molar-refractivity contribution in [2.24, 2.45) is 0 Å². The van der Waals surface area contributed by atoms with Gasteiger partial charge in [-0.15, -0.1) is 4.72 Å². The summed E-state index contributed by atoms with van der Waals surface area (Å²) in [6.45, 7) is 7.66. The van der Waals surface area contributed by atoms with Crippen LogP contribution in [0.3, 0.4) is 0 Å². The Kier molecular flexibility index (Phi) is 5.77. The minimum Gasteiger partial charge on any atom is -0.598 e. The van der Waals surface area contributed by atoms with E-state index in [9.17, 15) is 13.3 Å². The van der Waals surface area contributed by atoms with Gasteiger partial charge in [0, 0.05) is 16.9 Å². The highest BCUT2D eigenvalue weighted by molar-refractivity contribution is 7.90. The first-order valence-corrected chi connectivity index (χ1v) is 7.92. The van der Waals surface area contributed by atoms with Crippen molar-refractivity contribution in [3.8, 4) is 0 Å². The lowest BCUT2D eigenvalue weighted by Gasteiger charge is -2.28. The number of aliphatic hydroxyl groups excluding tert-OH is 1. The molecule has 0 amide bonds. The lowest BCUT2D eigenvalue weighted by Crippen LogP contribution is -2.40. The number of hydrogen-bond acceptors (Lipinski definition) is 3. The highest BCUT2D eigenvalue weighted by Crippen LogP contribution is 2.33. The smallest absolute Gasteiger partial charge is 0.296 e. The maximum atomic E-state index is 13.7. The van der Waals surface area contributed by atoms with Crippen molar-refractivity contribution in [3.63, 3.8) is 0 Å². The first kappa shape index (κ1) is 18.4. The summed E-state index contributed by atoms with van der Waals surface area (Å²) in [7, 11) is 0. The van der Waals surface area contributed by atoms with Crippen LogP contribution in [-0.4, -0.2) is 21.0 Å². The number of aliphatic hydroxyl groups is 1. The van der Waals surface area contributed by atoms with Crippen LogP contribution in [0.15, 0.2) is 18.2 Å². The van der Waals surface area contributed by atoms with Gasteiger partial charge < -0.3 is 9.66 Å². The molecule has 2 N–H and O–H groups in total. The minimum atomic E-state index is -3.27. The summed E-state index contributed by atoms with van der Waals surface area (Å²) in [4.78, 5) is 0. The Morgan fingerprint density at radius 3 is 2.38 bits per heavy atom. The van der Waals surface area contributed by atoms with Crippen LogP contribution in [0.5, 0.6) is 0 Å². The van der Waals surface area contributed by atoms with Gasteiger partial charge in [0.15, 0.2) is 0 Å². The molecule has 0 fully saturated rings. The SMILES string of the molecule is Cc1c([C@H](C)N[S@+]([O-])C(C)(C)C)cccc1C(F)(F)CO. The zero-order valence-corrected chi connectivity index (χ0v) is 13.9. The highest BCUT2D eigenvalue weighted by Gasteiger charge is 2.34. The second-order valence-electron chi connectivity index (χ2n) is 6.10. The first-order chi connectivity index (χ1) is 9.50. The van der Waals surface area contributed by atoms with Crippen LogP contribution >= 0.6 is 0 Å². The Morgan fingerprint density at radius 2 is 1.90 bits per heavy atom. The average Bonchev–Trinajstić information content (AvgIpc) is 2.37. The van der Waals surface area contributed by atoms with Gasteiger partial charge in [0.2, 0.25) is 0 Å². The number of rotatable bonds is 5. The van der Waals surface area contributed by atoms with E-state index in [4.69, 9.17) is 5.11 Å². The van der Waals surface area contributed by atoms with Gasteiger partial charge in [-0.2, -0.15) is 8.78 Å². The van der Waals surface area contributed by atoms with E-state index in [0.29, 0.717) is 11.1 Å². The summed E-state index contributed by atoms with van der Waals surface area (Å²) in [6, 6.07) is 4.23. The van der Waals surface area contributed by atoms with Crippen LogP contribution in [0.25, 0.3) is 0 Å². The van der Waals surface area contributed by atoms with Crippen LogP contribution < -0.4 is 4.72 Å². The summed E-state index contributed by atoms with van der Waals surface area (Å²) in [6.07, 6.45) is 0. The van der Waals surface area contributed by atoms with E-state index in [1.54, 1.807) is 19.9 Å². The molecule has 6 heteroatoms. The molecule has 0 saturated heterocycles. The number of alkyl halides is 2. The predicted octanol–water partition coefficient (Wildman–Crippen LogP) is 3.19. The van der Waals surface area contributed by atoms with Crippen molar-refractivity contribution >= 4 is 11.4 Å². The van der Waals surface area contributed by atoms with E-state index in [0.717, 1.165) is 0 Å². The summed E-state index contributed by atoms with van der Waals surface area (Å²) in [5.74, 6) is -3.27. The average molecular weight is 319 g/mol. The molecule has 0 spiro atoms. The van der Waals surface area contributed by atoms with Crippen molar-refractivity contribution in [1.29, 1.82) is 0 Å². The van der Waals surface area contributed by atoms with Gasteiger partial charge in [-0.05, 0) is 45.7 Å². The molecule has 0 aromatic heterocycles. The fourth-order valence-corrected chi connectivity index (χ4v) is 2.81. The summed E-state index contributed by atoms with van der Waals surface area (Å²) >= 11 is -1.29. The standard InChI is InChI=1S/C15H23F2NO2S/c1-10-12(11(2)18-21(20)14(3,4)5)7-6-8-13(10)15(16,17)9-19/h6-8,11,18-19H,9H2,1-5H3/t11-,21+/m0/s1. The molecule has 0 aliphatic rings. The monoisotopic (exact) mass is 319 g/mol. The molecule has 1 rings (SSSR count). The molecule has 1 aromatic carbocycles. The highest BCUT2D eigenvalue weighted by atomic mass is 32.2. The molecular formula is C15H23F2NO2S. The molecule has 0 radical (unpaired) electrons. The van der Waals surface area contributed by atoms with E-state index in [1.807, 2.05) is 20.8 Å². The van der Waals surface area contributed by atoms with E-state index in [-0.39, 0.29) is 11.6 Å². The van der Waals surface area contributed by atoms with Gasteiger partial charge in [0.05, 0.1) is 6.04 Å². The van der Waals surface area contributed by atoms with Crippen molar-refractivity contribution in [2.45, 2.75) is 51.3 Å². The number of nitrogens with one attached hydrogen (secondary N) is 1.